The number of fused-ring (bicyclic) bond motifs is 1. The molecule has 2 N–H and O–H groups in total. The number of nitrogens with zero attached hydrogens (tertiary/aromatic N) is 2. The number of carbonyl (C=O) groups is 1. The van der Waals surface area contributed by atoms with E-state index in [4.69, 9.17) is 0 Å². The van der Waals surface area contributed by atoms with Gasteiger partial charge in [-0.05, 0) is 56.3 Å². The lowest BCUT2D eigenvalue weighted by Crippen LogP contribution is -2.33. The maximum absolute atomic E-state index is 12.4. The van der Waals surface area contributed by atoms with E-state index in [9.17, 15) is 4.79 Å². The van der Waals surface area contributed by atoms with E-state index < -0.39 is 0 Å². The molecule has 1 spiro atoms. The number of pyridine rings is 1. The minimum absolute atomic E-state index is 0. The predicted octanol–water partition coefficient (Wildman–Crippen LogP) is 2.49. The Morgan fingerprint density at radius 3 is 2.88 bits per heavy atom. The second-order valence-corrected chi connectivity index (χ2v) is 6.74. The second-order valence-electron chi connectivity index (χ2n) is 6.74. The van der Waals surface area contributed by atoms with Gasteiger partial charge in [0.15, 0.2) is 0 Å². The van der Waals surface area contributed by atoms with Crippen molar-refractivity contribution in [2.75, 3.05) is 13.1 Å². The van der Waals surface area contributed by atoms with E-state index in [1.807, 2.05) is 22.9 Å². The van der Waals surface area contributed by atoms with Crippen LogP contribution in [0, 0.1) is 18.3 Å². The number of aryl methyl sites for hydroxylation is 1. The first-order valence-corrected chi connectivity index (χ1v) is 8.10. The number of amides is 1. The first-order chi connectivity index (χ1) is 10.7. The van der Waals surface area contributed by atoms with Crippen molar-refractivity contribution in [1.29, 1.82) is 0 Å². The third-order valence-electron chi connectivity index (χ3n) is 5.28. The molecule has 7 heteroatoms. The number of imidazole rings is 1. The van der Waals surface area contributed by atoms with Gasteiger partial charge in [0.05, 0.1) is 12.2 Å². The highest BCUT2D eigenvalue weighted by Gasteiger charge is 2.57. The largest absolute Gasteiger partial charge is 0.350 e. The monoisotopic (exact) mass is 370 g/mol. The van der Waals surface area contributed by atoms with Crippen LogP contribution in [-0.4, -0.2) is 28.4 Å². The highest BCUT2D eigenvalue weighted by atomic mass is 35.5. The summed E-state index contributed by atoms with van der Waals surface area (Å²) in [6, 6.07) is 4.06. The lowest BCUT2D eigenvalue weighted by atomic mass is 9.92. The number of halogens is 2. The van der Waals surface area contributed by atoms with Gasteiger partial charge in [0.25, 0.3) is 0 Å². The third-order valence-corrected chi connectivity index (χ3v) is 5.28. The zero-order chi connectivity index (χ0) is 15.2. The zero-order valence-corrected chi connectivity index (χ0v) is 15.4. The molecule has 24 heavy (non-hydrogen) atoms. The summed E-state index contributed by atoms with van der Waals surface area (Å²) in [6.07, 6.45) is 7.32. The smallest absolute Gasteiger partial charge is 0.224 e. The summed E-state index contributed by atoms with van der Waals surface area (Å²) in [5, 5.41) is 6.45. The van der Waals surface area contributed by atoms with Gasteiger partial charge < -0.3 is 15.0 Å². The van der Waals surface area contributed by atoms with Gasteiger partial charge in [0, 0.05) is 18.3 Å². The summed E-state index contributed by atoms with van der Waals surface area (Å²) in [6.45, 7) is 4.67. The van der Waals surface area contributed by atoms with Crippen molar-refractivity contribution < 1.29 is 4.79 Å². The molecule has 3 heterocycles. The maximum Gasteiger partial charge on any atom is 0.224 e. The molecule has 1 atom stereocenters. The number of carbonyl (C=O) groups excluding carboxylic acids is 1. The predicted molar refractivity (Wildman–Crippen MR) is 98.9 cm³/mol. The molecule has 1 amide bonds. The van der Waals surface area contributed by atoms with E-state index in [0.29, 0.717) is 12.0 Å². The molecule has 1 unspecified atom stereocenters. The van der Waals surface area contributed by atoms with Gasteiger partial charge in [-0.1, -0.05) is 6.07 Å². The average Bonchev–Trinajstić information content (AvgIpc) is 3.04. The molecule has 1 saturated heterocycles. The minimum Gasteiger partial charge on any atom is -0.350 e. The number of aromatic nitrogens is 2. The van der Waals surface area contributed by atoms with Crippen LogP contribution in [0.15, 0.2) is 24.5 Å². The van der Waals surface area contributed by atoms with Crippen LogP contribution in [0.1, 0.15) is 30.5 Å². The van der Waals surface area contributed by atoms with E-state index in [2.05, 4.69) is 28.6 Å². The Morgan fingerprint density at radius 1 is 1.42 bits per heavy atom. The third kappa shape index (κ3) is 3.39. The van der Waals surface area contributed by atoms with Gasteiger partial charge in [0.1, 0.15) is 5.65 Å². The Hall–Kier alpha value is -1.30. The molecule has 0 radical (unpaired) electrons. The Labute approximate surface area is 154 Å². The summed E-state index contributed by atoms with van der Waals surface area (Å²) in [5.41, 5.74) is 3.33. The molecule has 1 aliphatic carbocycles. The van der Waals surface area contributed by atoms with Gasteiger partial charge in [0.2, 0.25) is 5.91 Å². The summed E-state index contributed by atoms with van der Waals surface area (Å²) >= 11 is 0. The first-order valence-electron chi connectivity index (χ1n) is 8.10. The van der Waals surface area contributed by atoms with Crippen molar-refractivity contribution in [3.05, 3.63) is 35.8 Å². The van der Waals surface area contributed by atoms with Crippen LogP contribution in [-0.2, 0) is 11.3 Å². The standard InChI is InChI=1S/C17H22N4O.2ClH/c1-12-3-2-8-21-11-13(20-15(12)21)10-19-16(22)14-9-17(14)4-6-18-7-5-17;;/h2-3,8,11,14,18H,4-7,9-10H2,1H3,(H,19,22);2*1H. The maximum atomic E-state index is 12.4. The summed E-state index contributed by atoms with van der Waals surface area (Å²) < 4.78 is 2.02. The molecule has 0 aromatic carbocycles. The summed E-state index contributed by atoms with van der Waals surface area (Å²) in [4.78, 5) is 17.0. The lowest BCUT2D eigenvalue weighted by molar-refractivity contribution is -0.123. The van der Waals surface area contributed by atoms with Crippen LogP contribution < -0.4 is 10.6 Å². The number of piperidine rings is 1. The van der Waals surface area contributed by atoms with E-state index in [-0.39, 0.29) is 36.6 Å². The molecule has 1 saturated carbocycles. The molecule has 2 aromatic rings. The summed E-state index contributed by atoms with van der Waals surface area (Å²) in [7, 11) is 0. The van der Waals surface area contributed by atoms with Gasteiger partial charge in [-0.25, -0.2) is 4.98 Å². The Balaban J connectivity index is 0.00000104. The Kier molecular flexibility index (Phi) is 5.78. The Bertz CT molecular complexity index is 724. The van der Waals surface area contributed by atoms with Crippen molar-refractivity contribution in [3.8, 4) is 0 Å². The fraction of sp³-hybridized carbons (Fsp3) is 0.529. The van der Waals surface area contributed by atoms with Crippen molar-refractivity contribution in [3.63, 3.8) is 0 Å². The molecule has 132 valence electrons. The number of rotatable bonds is 3. The quantitative estimate of drug-likeness (QED) is 0.872. The molecule has 2 fully saturated rings. The van der Waals surface area contributed by atoms with Crippen LogP contribution in [0.3, 0.4) is 0 Å². The van der Waals surface area contributed by atoms with E-state index >= 15 is 0 Å². The van der Waals surface area contributed by atoms with Crippen LogP contribution in [0.4, 0.5) is 0 Å². The average molecular weight is 371 g/mol. The van der Waals surface area contributed by atoms with Gasteiger partial charge in [-0.3, -0.25) is 4.79 Å². The topological polar surface area (TPSA) is 58.4 Å². The van der Waals surface area contributed by atoms with Gasteiger partial charge in [-0.2, -0.15) is 0 Å². The molecule has 1 aliphatic heterocycles. The Morgan fingerprint density at radius 2 is 2.17 bits per heavy atom. The molecular weight excluding hydrogens is 347 g/mol. The van der Waals surface area contributed by atoms with E-state index in [1.54, 1.807) is 0 Å². The van der Waals surface area contributed by atoms with Crippen molar-refractivity contribution >= 4 is 36.4 Å². The first kappa shape index (κ1) is 19.0. The number of nitrogens with one attached hydrogen (secondary N) is 2. The molecule has 5 nitrogen and oxygen atoms in total. The lowest BCUT2D eigenvalue weighted by Gasteiger charge is -2.23. The minimum atomic E-state index is 0. The highest BCUT2D eigenvalue weighted by molar-refractivity contribution is 5.85. The molecule has 0 bridgehead atoms. The highest BCUT2D eigenvalue weighted by Crippen LogP contribution is 2.58. The van der Waals surface area contributed by atoms with Crippen LogP contribution in [0.25, 0.3) is 5.65 Å². The fourth-order valence-corrected chi connectivity index (χ4v) is 3.79. The fourth-order valence-electron chi connectivity index (χ4n) is 3.79. The number of hydrogen-bond donors (Lipinski definition) is 2. The van der Waals surface area contributed by atoms with E-state index in [0.717, 1.165) is 49.3 Å². The molecular formula is C17H24Cl2N4O. The van der Waals surface area contributed by atoms with Gasteiger partial charge >= 0.3 is 0 Å². The second kappa shape index (κ2) is 7.30. The summed E-state index contributed by atoms with van der Waals surface area (Å²) in [5.74, 6) is 0.420. The zero-order valence-electron chi connectivity index (χ0n) is 13.7. The van der Waals surface area contributed by atoms with Crippen molar-refractivity contribution in [2.24, 2.45) is 11.3 Å². The number of hydrogen-bond acceptors (Lipinski definition) is 3. The SMILES string of the molecule is Cc1cccn2cc(CNC(=O)C3CC34CCNCC4)nc12.Cl.Cl. The normalized spacial score (nSPS) is 21.0. The van der Waals surface area contributed by atoms with Crippen LogP contribution >= 0.6 is 24.8 Å². The van der Waals surface area contributed by atoms with Gasteiger partial charge in [-0.15, -0.1) is 24.8 Å². The molecule has 4 rings (SSSR count). The molecule has 2 aliphatic rings. The van der Waals surface area contributed by atoms with Crippen molar-refractivity contribution in [2.45, 2.75) is 32.7 Å². The molecule has 2 aromatic heterocycles. The van der Waals surface area contributed by atoms with Crippen LogP contribution in [0.5, 0.6) is 0 Å². The van der Waals surface area contributed by atoms with E-state index in [1.165, 1.54) is 0 Å². The van der Waals surface area contributed by atoms with Crippen molar-refractivity contribution in [1.82, 2.24) is 20.0 Å². The van der Waals surface area contributed by atoms with Crippen LogP contribution in [0.2, 0.25) is 0 Å².